The van der Waals surface area contributed by atoms with Crippen LogP contribution in [0.1, 0.15) is 44.9 Å². The van der Waals surface area contributed by atoms with Crippen LogP contribution in [0.2, 0.25) is 0 Å². The van der Waals surface area contributed by atoms with E-state index in [2.05, 4.69) is 0 Å². The predicted molar refractivity (Wildman–Crippen MR) is 50.2 cm³/mol. The monoisotopic (exact) mass is 176 g/mol. The van der Waals surface area contributed by atoms with Crippen LogP contribution in [0.3, 0.4) is 0 Å². The van der Waals surface area contributed by atoms with Gasteiger partial charge in [0.2, 0.25) is 0 Å². The molecule has 2 unspecified atom stereocenters. The van der Waals surface area contributed by atoms with Gasteiger partial charge < -0.3 is 5.53 Å². The van der Waals surface area contributed by atoms with E-state index in [9.17, 15) is 5.53 Å². The van der Waals surface area contributed by atoms with Crippen LogP contribution in [0.4, 0.5) is 0 Å². The first-order chi connectivity index (χ1) is 6.38. The van der Waals surface area contributed by atoms with Gasteiger partial charge in [-0.05, 0) is 32.1 Å². The minimum Gasteiger partial charge on any atom is -0.500 e. The highest BCUT2D eigenvalue weighted by Crippen LogP contribution is 2.46. The van der Waals surface area contributed by atoms with Crippen LogP contribution in [0, 0.1) is 5.92 Å². The lowest BCUT2D eigenvalue weighted by molar-refractivity contribution is -0.535. The van der Waals surface area contributed by atoms with Gasteiger partial charge in [-0.15, -0.1) is 0 Å². The van der Waals surface area contributed by atoms with Gasteiger partial charge >= 0.3 is 0 Å². The molecule has 0 radical (unpaired) electrons. The van der Waals surface area contributed by atoms with Crippen LogP contribution in [0.15, 0.2) is 11.3 Å². The summed E-state index contributed by atoms with van der Waals surface area (Å²) in [6.07, 6.45) is 8.84. The molecule has 0 spiro atoms. The Morgan fingerprint density at radius 2 is 2.00 bits per heavy atom. The Balaban J connectivity index is 2.08. The maximum Gasteiger partial charge on any atom is 0.170 e. The van der Waals surface area contributed by atoms with Gasteiger partial charge in [0.1, 0.15) is 0 Å². The standard InChI is InChI=1S/C11H16N2/c12-13-10-6-2-1-4-8-9(10)5-3-7-11(8)13/h9-10H,1-7H2. The van der Waals surface area contributed by atoms with Gasteiger partial charge in [0.05, 0.1) is 0 Å². The van der Waals surface area contributed by atoms with E-state index in [1.54, 1.807) is 10.3 Å². The van der Waals surface area contributed by atoms with Crippen molar-refractivity contribution in [3.63, 3.8) is 0 Å². The highest BCUT2D eigenvalue weighted by atomic mass is 15.2. The fourth-order valence-corrected chi connectivity index (χ4v) is 3.42. The summed E-state index contributed by atoms with van der Waals surface area (Å²) in [5, 5.41) is 0. The summed E-state index contributed by atoms with van der Waals surface area (Å²) in [7, 11) is 0. The molecule has 13 heavy (non-hydrogen) atoms. The number of nitrogens with zero attached hydrogens (tertiary/aromatic N) is 2. The van der Waals surface area contributed by atoms with Crippen molar-refractivity contribution < 1.29 is 4.70 Å². The molecule has 2 nitrogen and oxygen atoms in total. The van der Waals surface area contributed by atoms with Gasteiger partial charge in [0.25, 0.3) is 0 Å². The van der Waals surface area contributed by atoms with Crippen molar-refractivity contribution in [3.05, 3.63) is 16.8 Å². The summed E-state index contributed by atoms with van der Waals surface area (Å²) >= 11 is 0. The van der Waals surface area contributed by atoms with Gasteiger partial charge in [-0.2, -0.15) is 0 Å². The predicted octanol–water partition coefficient (Wildman–Crippen LogP) is 3.03. The van der Waals surface area contributed by atoms with Crippen molar-refractivity contribution in [1.82, 2.24) is 0 Å². The summed E-state index contributed by atoms with van der Waals surface area (Å²) < 4.78 is 1.62. The van der Waals surface area contributed by atoms with Gasteiger partial charge in [0, 0.05) is 24.3 Å². The Bertz CT molecular complexity index is 290. The average Bonchev–Trinajstić information content (AvgIpc) is 2.37. The zero-order chi connectivity index (χ0) is 8.84. The first-order valence-electron chi connectivity index (χ1n) is 5.58. The fourth-order valence-electron chi connectivity index (χ4n) is 3.42. The second-order valence-corrected chi connectivity index (χ2v) is 4.63. The quantitative estimate of drug-likeness (QED) is 0.507. The average molecular weight is 176 g/mol. The number of rotatable bonds is 0. The van der Waals surface area contributed by atoms with Crippen LogP contribution in [0.5, 0.6) is 0 Å². The molecule has 0 aromatic carbocycles. The van der Waals surface area contributed by atoms with E-state index in [1.165, 1.54) is 44.2 Å². The summed E-state index contributed by atoms with van der Waals surface area (Å²) in [5.41, 5.74) is 12.9. The molecule has 0 aromatic heterocycles. The molecule has 0 amide bonds. The Kier molecular flexibility index (Phi) is 1.58. The molecule has 2 aliphatic carbocycles. The third kappa shape index (κ3) is 0.946. The van der Waals surface area contributed by atoms with E-state index >= 15 is 0 Å². The van der Waals surface area contributed by atoms with Crippen LogP contribution in [0.25, 0.3) is 5.53 Å². The largest absolute Gasteiger partial charge is 0.500 e. The Morgan fingerprint density at radius 3 is 2.92 bits per heavy atom. The Labute approximate surface area is 79.1 Å². The molecule has 2 heteroatoms. The lowest BCUT2D eigenvalue weighted by Crippen LogP contribution is -2.22. The van der Waals surface area contributed by atoms with Gasteiger partial charge in [-0.3, -0.25) is 4.70 Å². The van der Waals surface area contributed by atoms with E-state index in [4.69, 9.17) is 0 Å². The van der Waals surface area contributed by atoms with Gasteiger partial charge in [0.15, 0.2) is 11.7 Å². The Hall–Kier alpha value is -0.660. The minimum atomic E-state index is 0.454. The van der Waals surface area contributed by atoms with Crippen LogP contribution < -0.4 is 0 Å². The van der Waals surface area contributed by atoms with Crippen molar-refractivity contribution >= 4 is 0 Å². The molecule has 4 bridgehead atoms. The van der Waals surface area contributed by atoms with Crippen molar-refractivity contribution in [2.45, 2.75) is 51.0 Å². The molecule has 1 heterocycles. The van der Waals surface area contributed by atoms with Crippen molar-refractivity contribution in [1.29, 1.82) is 0 Å². The van der Waals surface area contributed by atoms with Crippen LogP contribution in [-0.4, -0.2) is 10.7 Å². The van der Waals surface area contributed by atoms with Crippen molar-refractivity contribution in [3.8, 4) is 0 Å². The van der Waals surface area contributed by atoms with E-state index < -0.39 is 0 Å². The first kappa shape index (κ1) is 7.72. The SMILES string of the molecule is [N-]=[N+]1C2=C3CCCCC1C3CCC2. The molecule has 1 saturated carbocycles. The number of allylic oxidation sites excluding steroid dienone is 1. The van der Waals surface area contributed by atoms with Gasteiger partial charge in [-0.1, -0.05) is 0 Å². The molecule has 1 aliphatic heterocycles. The summed E-state index contributed by atoms with van der Waals surface area (Å²) in [5.74, 6) is 0.719. The highest BCUT2D eigenvalue weighted by Gasteiger charge is 2.45. The maximum atomic E-state index is 9.97. The smallest absolute Gasteiger partial charge is 0.170 e. The fraction of sp³-hybridized carbons (Fsp3) is 0.818. The third-order valence-corrected chi connectivity index (χ3v) is 4.00. The highest BCUT2D eigenvalue weighted by molar-refractivity contribution is 5.21. The molecule has 3 rings (SSSR count). The van der Waals surface area contributed by atoms with E-state index in [0.717, 1.165) is 12.3 Å². The van der Waals surface area contributed by atoms with Crippen LogP contribution >= 0.6 is 0 Å². The molecule has 70 valence electrons. The summed E-state index contributed by atoms with van der Waals surface area (Å²) in [4.78, 5) is 0. The maximum absolute atomic E-state index is 9.97. The first-order valence-corrected chi connectivity index (χ1v) is 5.58. The number of hydrogen-bond donors (Lipinski definition) is 0. The molecule has 0 saturated heterocycles. The summed E-state index contributed by atoms with van der Waals surface area (Å²) in [6, 6.07) is 0.454. The van der Waals surface area contributed by atoms with Crippen LogP contribution in [-0.2, 0) is 0 Å². The molecule has 0 N–H and O–H groups in total. The zero-order valence-electron chi connectivity index (χ0n) is 8.00. The minimum absolute atomic E-state index is 0.454. The van der Waals surface area contributed by atoms with E-state index in [0.29, 0.717) is 6.04 Å². The lowest BCUT2D eigenvalue weighted by atomic mass is 9.84. The van der Waals surface area contributed by atoms with Crippen molar-refractivity contribution in [2.24, 2.45) is 5.92 Å². The molecular formula is C11H16N2. The lowest BCUT2D eigenvalue weighted by Gasteiger charge is -2.15. The Morgan fingerprint density at radius 1 is 1.08 bits per heavy atom. The molecule has 3 aliphatic rings. The van der Waals surface area contributed by atoms with Gasteiger partial charge in [-0.25, -0.2) is 0 Å². The topological polar surface area (TPSA) is 25.3 Å². The van der Waals surface area contributed by atoms with E-state index in [-0.39, 0.29) is 0 Å². The molecular weight excluding hydrogens is 160 g/mol. The summed E-state index contributed by atoms with van der Waals surface area (Å²) in [6.45, 7) is 0. The third-order valence-electron chi connectivity index (χ3n) is 4.00. The normalized spacial score (nSPS) is 38.0. The molecule has 0 aromatic rings. The molecule has 1 fully saturated rings. The second-order valence-electron chi connectivity index (χ2n) is 4.63. The second kappa shape index (κ2) is 2.66. The van der Waals surface area contributed by atoms with Crippen molar-refractivity contribution in [2.75, 3.05) is 0 Å². The molecule has 2 atom stereocenters. The zero-order valence-corrected chi connectivity index (χ0v) is 8.00. The van der Waals surface area contributed by atoms with E-state index in [1.807, 2.05) is 0 Å². The number of hydrogen-bond acceptors (Lipinski definition) is 0.